The van der Waals surface area contributed by atoms with Crippen LogP contribution in [0.4, 0.5) is 5.82 Å². The number of pyridine rings is 3. The highest BCUT2D eigenvalue weighted by molar-refractivity contribution is 6.23. The number of nitrogens with zero attached hydrogens (tertiary/aromatic N) is 7. The van der Waals surface area contributed by atoms with Crippen LogP contribution in [0.5, 0.6) is 5.75 Å². The maximum absolute atomic E-state index is 13.1. The Hall–Kier alpha value is -5.73. The normalized spacial score (nSPS) is 19.6. The number of unbranched alkanes of at least 4 members (excludes halogenated alkanes) is 2. The molecule has 0 saturated carbocycles. The molecule has 0 aliphatic carbocycles. The fourth-order valence-electron chi connectivity index (χ4n) is 8.40. The summed E-state index contributed by atoms with van der Waals surface area (Å²) in [6.07, 6.45) is 11.4. The lowest BCUT2D eigenvalue weighted by Crippen LogP contribution is -2.54. The molecular weight excluding hydrogens is 713 g/mol. The summed E-state index contributed by atoms with van der Waals surface area (Å²) >= 11 is 0. The van der Waals surface area contributed by atoms with Gasteiger partial charge in [-0.05, 0) is 93.6 Å². The lowest BCUT2D eigenvalue weighted by Gasteiger charge is -2.43. The van der Waals surface area contributed by atoms with Crippen LogP contribution in [0.2, 0.25) is 0 Å². The van der Waals surface area contributed by atoms with E-state index < -0.39 is 29.7 Å². The fourth-order valence-corrected chi connectivity index (χ4v) is 8.40. The van der Waals surface area contributed by atoms with Crippen LogP contribution in [0.15, 0.2) is 67.1 Å². The van der Waals surface area contributed by atoms with Crippen molar-refractivity contribution < 1.29 is 28.7 Å². The molecule has 0 bridgehead atoms. The van der Waals surface area contributed by atoms with Crippen molar-refractivity contribution in [2.24, 2.45) is 7.05 Å². The van der Waals surface area contributed by atoms with Crippen molar-refractivity contribution >= 4 is 51.4 Å². The number of aryl methyl sites for hydroxylation is 1. The number of carbonyl (C=O) groups excluding carboxylic acids is 4. The van der Waals surface area contributed by atoms with Crippen LogP contribution in [0.25, 0.3) is 33.2 Å². The number of nitrogens with one attached hydrogen (secondary N) is 1. The smallest absolute Gasteiger partial charge is 0.262 e. The van der Waals surface area contributed by atoms with Gasteiger partial charge in [-0.2, -0.15) is 0 Å². The third-order valence-electron chi connectivity index (χ3n) is 11.6. The first-order chi connectivity index (χ1) is 27.3. The highest BCUT2D eigenvalue weighted by Crippen LogP contribution is 2.32. The number of piperidine rings is 2. The van der Waals surface area contributed by atoms with Crippen molar-refractivity contribution in [2.45, 2.75) is 63.2 Å². The van der Waals surface area contributed by atoms with Gasteiger partial charge < -0.3 is 23.8 Å². The van der Waals surface area contributed by atoms with Crippen LogP contribution in [0.3, 0.4) is 0 Å². The fraction of sp³-hybridized carbons (Fsp3) is 0.405. The van der Waals surface area contributed by atoms with E-state index in [-0.39, 0.29) is 30.1 Å². The van der Waals surface area contributed by atoms with Gasteiger partial charge in [-0.25, -0.2) is 9.97 Å². The summed E-state index contributed by atoms with van der Waals surface area (Å²) in [7, 11) is 2.04. The second kappa shape index (κ2) is 15.1. The van der Waals surface area contributed by atoms with Gasteiger partial charge in [0.25, 0.3) is 11.8 Å². The molecule has 56 heavy (non-hydrogen) atoms. The number of likely N-dealkylation sites (tertiary alicyclic amines) is 1. The zero-order valence-electron chi connectivity index (χ0n) is 31.4. The van der Waals surface area contributed by atoms with Crippen LogP contribution in [0, 0.1) is 0 Å². The van der Waals surface area contributed by atoms with Crippen molar-refractivity contribution in [3.05, 3.63) is 78.2 Å². The average Bonchev–Trinajstić information content (AvgIpc) is 3.62. The van der Waals surface area contributed by atoms with Gasteiger partial charge in [-0.15, -0.1) is 0 Å². The van der Waals surface area contributed by atoms with Gasteiger partial charge in [0, 0.05) is 74.6 Å². The molecule has 1 aromatic carbocycles. The van der Waals surface area contributed by atoms with Gasteiger partial charge in [0.2, 0.25) is 11.8 Å². The Morgan fingerprint density at radius 2 is 1.68 bits per heavy atom. The van der Waals surface area contributed by atoms with Crippen LogP contribution in [-0.2, 0) is 21.4 Å². The minimum absolute atomic E-state index is 0.0878. The lowest BCUT2D eigenvalue weighted by molar-refractivity contribution is -0.136. The summed E-state index contributed by atoms with van der Waals surface area (Å²) in [5, 5.41) is 4.42. The molecule has 1 atom stereocenters. The number of carbonyl (C=O) groups is 4. The van der Waals surface area contributed by atoms with Gasteiger partial charge in [0.05, 0.1) is 41.2 Å². The molecule has 5 aromatic rings. The van der Waals surface area contributed by atoms with Crippen LogP contribution < -0.4 is 15.0 Å². The van der Waals surface area contributed by atoms with E-state index in [4.69, 9.17) is 19.4 Å². The molecular formula is C42H44N8O6. The number of fused-ring (bicyclic) bond motifs is 4. The standard InChI is InChI=1S/C42H44N8O6/c1-47-35-13-16-43-23-33(35)30-8-9-34(45-39(30)47)26-5-11-37(44-22-26)49-24-29(25-49)56-27-14-18-48(19-15-27)17-3-2-4-20-55-28-6-7-31-32(21-28)42(54)50(41(31)53)36-10-12-38(51)46-40(36)52/h5-9,11,13,16,21-23,27,29,36H,2-4,10,12,14-15,17-20,24-25H2,1H3,(H,46,51,52). The predicted molar refractivity (Wildman–Crippen MR) is 208 cm³/mol. The van der Waals surface area contributed by atoms with E-state index >= 15 is 0 Å². The molecule has 288 valence electrons. The van der Waals surface area contributed by atoms with E-state index in [1.54, 1.807) is 18.2 Å². The predicted octanol–water partition coefficient (Wildman–Crippen LogP) is 4.50. The SMILES string of the molecule is Cn1c2ccncc2c2ccc(-c3ccc(N4CC(OC5CCN(CCCCCOc6ccc7c(c6)C(=O)N(C6CCC(=O)NC6=O)C7=O)CC5)C4)nc3)nc21. The van der Waals surface area contributed by atoms with Crippen molar-refractivity contribution in [1.29, 1.82) is 0 Å². The monoisotopic (exact) mass is 756 g/mol. The van der Waals surface area contributed by atoms with Crippen LogP contribution in [-0.4, -0.2) is 111 Å². The van der Waals surface area contributed by atoms with Gasteiger partial charge in [-0.1, -0.05) is 0 Å². The third-order valence-corrected chi connectivity index (χ3v) is 11.6. The summed E-state index contributed by atoms with van der Waals surface area (Å²) in [4.78, 5) is 69.6. The Morgan fingerprint density at radius 3 is 2.48 bits per heavy atom. The number of hydrogen-bond acceptors (Lipinski definition) is 11. The van der Waals surface area contributed by atoms with E-state index in [9.17, 15) is 19.2 Å². The number of amides is 4. The Labute approximate surface area is 323 Å². The Balaban J connectivity index is 0.663. The molecule has 14 nitrogen and oxygen atoms in total. The summed E-state index contributed by atoms with van der Waals surface area (Å²) in [6.45, 7) is 5.32. The van der Waals surface area contributed by atoms with Crippen molar-refractivity contribution in [3.8, 4) is 17.0 Å². The third kappa shape index (κ3) is 6.87. The zero-order chi connectivity index (χ0) is 38.3. The van der Waals surface area contributed by atoms with Crippen LogP contribution in [0.1, 0.15) is 65.7 Å². The first-order valence-corrected chi connectivity index (χ1v) is 19.6. The molecule has 14 heteroatoms. The summed E-state index contributed by atoms with van der Waals surface area (Å²) in [6, 6.07) is 14.2. The number of hydrogen-bond donors (Lipinski definition) is 1. The van der Waals surface area contributed by atoms with Gasteiger partial charge in [0.15, 0.2) is 0 Å². The number of aromatic nitrogens is 4. The Morgan fingerprint density at radius 1 is 0.839 bits per heavy atom. The number of ether oxygens (including phenoxy) is 2. The molecule has 4 aliphatic rings. The van der Waals surface area contributed by atoms with Gasteiger partial charge in [0.1, 0.15) is 23.3 Å². The number of rotatable bonds is 12. The highest BCUT2D eigenvalue weighted by atomic mass is 16.5. The van der Waals surface area contributed by atoms with Crippen LogP contribution >= 0.6 is 0 Å². The molecule has 0 radical (unpaired) electrons. The van der Waals surface area contributed by atoms with E-state index in [1.165, 1.54) is 0 Å². The van der Waals surface area contributed by atoms with Crippen molar-refractivity contribution in [1.82, 2.24) is 34.6 Å². The number of imide groups is 2. The second-order valence-corrected chi connectivity index (χ2v) is 15.2. The quantitative estimate of drug-likeness (QED) is 0.142. The average molecular weight is 757 g/mol. The summed E-state index contributed by atoms with van der Waals surface area (Å²) in [5.74, 6) is -0.588. The minimum atomic E-state index is -0.980. The van der Waals surface area contributed by atoms with E-state index in [2.05, 4.69) is 48.9 Å². The molecule has 4 aromatic heterocycles. The molecule has 1 unspecified atom stereocenters. The molecule has 0 spiro atoms. The zero-order valence-corrected chi connectivity index (χ0v) is 31.4. The Bertz CT molecular complexity index is 2330. The van der Waals surface area contributed by atoms with E-state index in [0.29, 0.717) is 18.5 Å². The van der Waals surface area contributed by atoms with Crippen molar-refractivity contribution in [3.63, 3.8) is 0 Å². The summed E-state index contributed by atoms with van der Waals surface area (Å²) < 4.78 is 14.5. The van der Waals surface area contributed by atoms with Crippen molar-refractivity contribution in [2.75, 3.05) is 44.2 Å². The lowest BCUT2D eigenvalue weighted by atomic mass is 10.0. The molecule has 1 N–H and O–H groups in total. The largest absolute Gasteiger partial charge is 0.494 e. The molecule has 3 saturated heterocycles. The van der Waals surface area contributed by atoms with E-state index in [0.717, 1.165) is 109 Å². The maximum atomic E-state index is 13.1. The minimum Gasteiger partial charge on any atom is -0.494 e. The molecule has 9 rings (SSSR count). The molecule has 4 aliphatic heterocycles. The number of anilines is 1. The molecule has 8 heterocycles. The highest BCUT2D eigenvalue weighted by Gasteiger charge is 2.44. The topological polar surface area (TPSA) is 152 Å². The van der Waals surface area contributed by atoms with Gasteiger partial charge in [-0.3, -0.25) is 34.4 Å². The molecule has 4 amide bonds. The molecule has 3 fully saturated rings. The second-order valence-electron chi connectivity index (χ2n) is 15.2. The van der Waals surface area contributed by atoms with E-state index in [1.807, 2.05) is 31.7 Å². The number of benzene rings is 1. The Kier molecular flexibility index (Phi) is 9.67. The summed E-state index contributed by atoms with van der Waals surface area (Å²) in [5.41, 5.74) is 4.41. The first kappa shape index (κ1) is 35.9. The maximum Gasteiger partial charge on any atom is 0.262 e. The van der Waals surface area contributed by atoms with Gasteiger partial charge >= 0.3 is 0 Å². The first-order valence-electron chi connectivity index (χ1n) is 19.6.